The fourth-order valence-electron chi connectivity index (χ4n) is 4.18. The SMILES string of the molecule is Cc1nc(-c2ccccc2)sc1C(=O)C1=C(O)C(=O)N(c2ccc(Cl)c(Cl)c2)C1c1cccc(O)c1. The number of hydrogen-bond donors (Lipinski definition) is 2. The second-order valence-electron chi connectivity index (χ2n) is 8.16. The zero-order valence-electron chi connectivity index (χ0n) is 18.8. The molecule has 2 N–H and O–H groups in total. The van der Waals surface area contributed by atoms with Crippen molar-refractivity contribution in [2.24, 2.45) is 0 Å². The van der Waals surface area contributed by atoms with Gasteiger partial charge in [0.25, 0.3) is 5.91 Å². The highest BCUT2D eigenvalue weighted by molar-refractivity contribution is 7.17. The highest BCUT2D eigenvalue weighted by Crippen LogP contribution is 2.44. The standard InChI is InChI=1S/C27H18Cl2N2O4S/c1-14-25(36-26(30-14)15-6-3-2-4-7-15)23(33)21-22(16-8-5-9-18(32)12-16)31(27(35)24(21)34)17-10-11-19(28)20(29)13-17/h2-13,22,32,34H,1H3. The van der Waals surface area contributed by atoms with Crippen LogP contribution in [0.1, 0.15) is 27.0 Å². The van der Waals surface area contributed by atoms with E-state index in [1.807, 2.05) is 30.3 Å². The maximum atomic E-state index is 13.9. The van der Waals surface area contributed by atoms with E-state index in [4.69, 9.17) is 23.2 Å². The number of benzene rings is 3. The first-order chi connectivity index (χ1) is 17.3. The summed E-state index contributed by atoms with van der Waals surface area (Å²) in [6.07, 6.45) is 0. The number of aromatic nitrogens is 1. The fourth-order valence-corrected chi connectivity index (χ4v) is 5.50. The van der Waals surface area contributed by atoms with Crippen molar-refractivity contribution >= 4 is 51.9 Å². The van der Waals surface area contributed by atoms with Gasteiger partial charge < -0.3 is 10.2 Å². The first-order valence-corrected chi connectivity index (χ1v) is 12.4. The van der Waals surface area contributed by atoms with Gasteiger partial charge in [0.1, 0.15) is 10.8 Å². The number of thiazole rings is 1. The maximum Gasteiger partial charge on any atom is 0.294 e. The van der Waals surface area contributed by atoms with E-state index in [-0.39, 0.29) is 16.3 Å². The van der Waals surface area contributed by atoms with Gasteiger partial charge in [0, 0.05) is 11.3 Å². The van der Waals surface area contributed by atoms with E-state index < -0.39 is 23.5 Å². The van der Waals surface area contributed by atoms with Gasteiger partial charge in [-0.05, 0) is 42.8 Å². The molecule has 0 saturated carbocycles. The zero-order chi connectivity index (χ0) is 25.6. The molecular weight excluding hydrogens is 519 g/mol. The van der Waals surface area contributed by atoms with E-state index in [9.17, 15) is 19.8 Å². The number of phenolic OH excluding ortho intramolecular Hbond substituents is 1. The Bertz CT molecular complexity index is 1550. The number of hydrogen-bond acceptors (Lipinski definition) is 6. The van der Waals surface area contributed by atoms with Crippen molar-refractivity contribution in [3.63, 3.8) is 0 Å². The van der Waals surface area contributed by atoms with Crippen molar-refractivity contribution in [2.45, 2.75) is 13.0 Å². The Morgan fingerprint density at radius 2 is 1.72 bits per heavy atom. The highest BCUT2D eigenvalue weighted by atomic mass is 35.5. The molecule has 2 heterocycles. The van der Waals surface area contributed by atoms with Crippen LogP contribution >= 0.6 is 34.5 Å². The van der Waals surface area contributed by atoms with Crippen molar-refractivity contribution < 1.29 is 19.8 Å². The molecule has 0 spiro atoms. The summed E-state index contributed by atoms with van der Waals surface area (Å²) in [6, 6.07) is 19.2. The Hall–Kier alpha value is -3.65. The normalized spacial score (nSPS) is 15.6. The van der Waals surface area contributed by atoms with Crippen LogP contribution in [0.5, 0.6) is 5.75 Å². The third-order valence-electron chi connectivity index (χ3n) is 5.84. The number of nitrogens with zero attached hydrogens (tertiary/aromatic N) is 2. The van der Waals surface area contributed by atoms with Crippen LogP contribution in [0.25, 0.3) is 10.6 Å². The molecule has 1 amide bonds. The largest absolute Gasteiger partial charge is 0.508 e. The van der Waals surface area contributed by atoms with E-state index in [0.29, 0.717) is 31.9 Å². The maximum absolute atomic E-state index is 13.9. The number of phenols is 1. The number of aryl methyl sites for hydroxylation is 1. The quantitative estimate of drug-likeness (QED) is 0.270. The van der Waals surface area contributed by atoms with Gasteiger partial charge in [-0.3, -0.25) is 14.5 Å². The predicted octanol–water partition coefficient (Wildman–Crippen LogP) is 6.91. The molecule has 3 aromatic carbocycles. The van der Waals surface area contributed by atoms with Crippen LogP contribution in [0.4, 0.5) is 5.69 Å². The minimum Gasteiger partial charge on any atom is -0.508 e. The Labute approximate surface area is 220 Å². The van der Waals surface area contributed by atoms with E-state index in [1.165, 1.54) is 40.5 Å². The Morgan fingerprint density at radius 1 is 0.972 bits per heavy atom. The third kappa shape index (κ3) is 4.15. The van der Waals surface area contributed by atoms with Crippen molar-refractivity contribution in [1.82, 2.24) is 4.98 Å². The van der Waals surface area contributed by atoms with E-state index in [0.717, 1.165) is 5.56 Å². The van der Waals surface area contributed by atoms with Gasteiger partial charge in [-0.1, -0.05) is 65.7 Å². The van der Waals surface area contributed by atoms with Crippen molar-refractivity contribution in [2.75, 3.05) is 4.90 Å². The summed E-state index contributed by atoms with van der Waals surface area (Å²) in [7, 11) is 0. The smallest absolute Gasteiger partial charge is 0.294 e. The summed E-state index contributed by atoms with van der Waals surface area (Å²) < 4.78 is 0. The first-order valence-electron chi connectivity index (χ1n) is 10.8. The summed E-state index contributed by atoms with van der Waals surface area (Å²) in [6.45, 7) is 1.71. The molecule has 0 bridgehead atoms. The monoisotopic (exact) mass is 536 g/mol. The lowest BCUT2D eigenvalue weighted by molar-refractivity contribution is -0.117. The molecule has 36 heavy (non-hydrogen) atoms. The molecule has 1 atom stereocenters. The van der Waals surface area contributed by atoms with E-state index in [2.05, 4.69) is 4.98 Å². The molecule has 0 aliphatic carbocycles. The van der Waals surface area contributed by atoms with Crippen LogP contribution in [0.2, 0.25) is 10.0 Å². The molecule has 4 aromatic rings. The van der Waals surface area contributed by atoms with Gasteiger partial charge in [0.05, 0.1) is 32.2 Å². The third-order valence-corrected chi connectivity index (χ3v) is 7.79. The number of ketones is 1. The van der Waals surface area contributed by atoms with Crippen molar-refractivity contribution in [3.05, 3.63) is 110 Å². The lowest BCUT2D eigenvalue weighted by Gasteiger charge is -2.27. The Balaban J connectivity index is 1.65. The Morgan fingerprint density at radius 3 is 2.42 bits per heavy atom. The van der Waals surface area contributed by atoms with Crippen molar-refractivity contribution in [1.29, 1.82) is 0 Å². The number of aliphatic hydroxyl groups excluding tert-OH is 1. The van der Waals surface area contributed by atoms with Crippen LogP contribution in [0.3, 0.4) is 0 Å². The summed E-state index contributed by atoms with van der Waals surface area (Å²) >= 11 is 13.5. The summed E-state index contributed by atoms with van der Waals surface area (Å²) in [5.41, 5.74) is 2.00. The molecule has 0 radical (unpaired) electrons. The number of aromatic hydroxyl groups is 1. The van der Waals surface area contributed by atoms with Gasteiger partial charge in [0.15, 0.2) is 5.76 Å². The lowest BCUT2D eigenvalue weighted by atomic mass is 9.94. The fraction of sp³-hybridized carbons (Fsp3) is 0.0741. The van der Waals surface area contributed by atoms with Crippen LogP contribution in [-0.4, -0.2) is 26.9 Å². The average Bonchev–Trinajstić information content (AvgIpc) is 3.38. The molecule has 5 rings (SSSR count). The van der Waals surface area contributed by atoms with Gasteiger partial charge >= 0.3 is 0 Å². The first kappa shape index (κ1) is 24.1. The zero-order valence-corrected chi connectivity index (χ0v) is 21.1. The number of anilines is 1. The van der Waals surface area contributed by atoms with Crippen molar-refractivity contribution in [3.8, 4) is 16.3 Å². The molecule has 1 aliphatic heterocycles. The lowest BCUT2D eigenvalue weighted by Crippen LogP contribution is -2.31. The van der Waals surface area contributed by atoms with Gasteiger partial charge in [0.2, 0.25) is 5.78 Å². The van der Waals surface area contributed by atoms with Gasteiger partial charge in [-0.15, -0.1) is 11.3 Å². The number of rotatable bonds is 5. The van der Waals surface area contributed by atoms with Crippen LogP contribution in [0.15, 0.2) is 84.1 Å². The van der Waals surface area contributed by atoms with Gasteiger partial charge in [-0.25, -0.2) is 4.98 Å². The summed E-state index contributed by atoms with van der Waals surface area (Å²) in [5.74, 6) is -2.01. The number of amides is 1. The average molecular weight is 537 g/mol. The Kier molecular flexibility index (Phi) is 6.30. The molecular formula is C27H18Cl2N2O4S. The number of aliphatic hydroxyl groups is 1. The van der Waals surface area contributed by atoms with E-state index in [1.54, 1.807) is 25.1 Å². The van der Waals surface area contributed by atoms with Crippen LogP contribution in [-0.2, 0) is 4.79 Å². The number of carbonyl (C=O) groups excluding carboxylic acids is 2. The molecule has 1 aromatic heterocycles. The molecule has 1 aliphatic rings. The minimum absolute atomic E-state index is 0.0486. The topological polar surface area (TPSA) is 90.7 Å². The molecule has 180 valence electrons. The van der Waals surface area contributed by atoms with Crippen LogP contribution in [0, 0.1) is 6.92 Å². The van der Waals surface area contributed by atoms with Gasteiger partial charge in [-0.2, -0.15) is 0 Å². The molecule has 0 fully saturated rings. The predicted molar refractivity (Wildman–Crippen MR) is 141 cm³/mol. The minimum atomic E-state index is -1.02. The summed E-state index contributed by atoms with van der Waals surface area (Å²) in [5, 5.41) is 22.3. The second-order valence-corrected chi connectivity index (χ2v) is 9.98. The summed E-state index contributed by atoms with van der Waals surface area (Å²) in [4.78, 5) is 33.4. The number of carbonyl (C=O) groups is 2. The molecule has 6 nitrogen and oxygen atoms in total. The van der Waals surface area contributed by atoms with E-state index >= 15 is 0 Å². The highest BCUT2D eigenvalue weighted by Gasteiger charge is 2.45. The molecule has 9 heteroatoms. The number of Topliss-reactive ketones (excluding diaryl/α,β-unsaturated/α-hetero) is 1. The molecule has 0 saturated heterocycles. The molecule has 1 unspecified atom stereocenters. The second kappa shape index (κ2) is 9.43. The number of halogens is 2. The van der Waals surface area contributed by atoms with Crippen LogP contribution < -0.4 is 4.90 Å².